The molecule has 0 bridgehead atoms. The zero-order chi connectivity index (χ0) is 13.1. The zero-order valence-electron chi connectivity index (χ0n) is 9.91. The van der Waals surface area contributed by atoms with Gasteiger partial charge in [-0.1, -0.05) is 6.07 Å². The number of carbonyl (C=O) groups excluding carboxylic acids is 1. The summed E-state index contributed by atoms with van der Waals surface area (Å²) in [5, 5.41) is 15.6. The lowest BCUT2D eigenvalue weighted by molar-refractivity contribution is -0.122. The van der Waals surface area contributed by atoms with Gasteiger partial charge in [-0.15, -0.1) is 5.10 Å². The van der Waals surface area contributed by atoms with Crippen LogP contribution in [0.5, 0.6) is 0 Å². The summed E-state index contributed by atoms with van der Waals surface area (Å²) in [5.74, 6) is -0.360. The van der Waals surface area contributed by atoms with Gasteiger partial charge in [-0.25, -0.2) is 9.48 Å². The van der Waals surface area contributed by atoms with Gasteiger partial charge in [0, 0.05) is 12.7 Å². The van der Waals surface area contributed by atoms with Gasteiger partial charge < -0.3 is 10.4 Å². The highest BCUT2D eigenvalue weighted by atomic mass is 16.3. The lowest BCUT2D eigenvalue weighted by Gasteiger charge is -2.05. The van der Waals surface area contributed by atoms with E-state index in [1.165, 1.54) is 4.40 Å². The van der Waals surface area contributed by atoms with Crippen molar-refractivity contribution in [3.63, 3.8) is 0 Å². The Morgan fingerprint density at radius 3 is 3.00 bits per heavy atom. The topological polar surface area (TPSA) is 88.6 Å². The molecule has 0 aliphatic heterocycles. The monoisotopic (exact) mass is 250 g/mol. The molecule has 0 radical (unpaired) electrons. The second-order valence-electron chi connectivity index (χ2n) is 4.02. The van der Waals surface area contributed by atoms with Crippen molar-refractivity contribution < 1.29 is 9.90 Å². The first-order valence-electron chi connectivity index (χ1n) is 5.57. The average Bonchev–Trinajstić information content (AvgIpc) is 2.65. The summed E-state index contributed by atoms with van der Waals surface area (Å²) in [5.41, 5.74) is 0.128. The molecule has 0 aliphatic rings. The van der Waals surface area contributed by atoms with Gasteiger partial charge in [0.2, 0.25) is 5.91 Å². The molecule has 7 nitrogen and oxygen atoms in total. The smallest absolute Gasteiger partial charge is 0.350 e. The van der Waals surface area contributed by atoms with E-state index in [0.717, 1.165) is 4.68 Å². The Kier molecular flexibility index (Phi) is 3.42. The second kappa shape index (κ2) is 5.01. The Hall–Kier alpha value is -2.15. The van der Waals surface area contributed by atoms with Crippen molar-refractivity contribution in [2.75, 3.05) is 6.54 Å². The lowest BCUT2D eigenvalue weighted by Crippen LogP contribution is -2.36. The minimum absolute atomic E-state index is 0.154. The van der Waals surface area contributed by atoms with Crippen molar-refractivity contribution in [3.05, 3.63) is 34.9 Å². The largest absolute Gasteiger partial charge is 0.392 e. The Balaban J connectivity index is 2.15. The zero-order valence-corrected chi connectivity index (χ0v) is 9.91. The molecule has 2 aromatic rings. The maximum Gasteiger partial charge on any atom is 0.350 e. The van der Waals surface area contributed by atoms with Crippen molar-refractivity contribution in [3.8, 4) is 0 Å². The number of hydrogen-bond donors (Lipinski definition) is 2. The van der Waals surface area contributed by atoms with Gasteiger partial charge in [0.1, 0.15) is 6.54 Å². The van der Waals surface area contributed by atoms with Crippen LogP contribution in [0.3, 0.4) is 0 Å². The molecular weight excluding hydrogens is 236 g/mol. The highest BCUT2D eigenvalue weighted by molar-refractivity contribution is 5.75. The van der Waals surface area contributed by atoms with Gasteiger partial charge in [-0.2, -0.15) is 0 Å². The highest BCUT2D eigenvalue weighted by Gasteiger charge is 2.10. The first kappa shape index (κ1) is 12.3. The summed E-state index contributed by atoms with van der Waals surface area (Å²) in [6, 6.07) is 5.17. The molecule has 1 atom stereocenters. The molecular formula is C11H14N4O3. The summed E-state index contributed by atoms with van der Waals surface area (Å²) >= 11 is 0. The molecule has 2 rings (SSSR count). The van der Waals surface area contributed by atoms with Crippen LogP contribution < -0.4 is 11.0 Å². The molecule has 96 valence electrons. The molecule has 0 fully saturated rings. The van der Waals surface area contributed by atoms with Gasteiger partial charge in [-0.3, -0.25) is 9.20 Å². The number of hydrogen-bond acceptors (Lipinski definition) is 4. The molecule has 1 amide bonds. The number of aromatic nitrogens is 3. The minimum Gasteiger partial charge on any atom is -0.392 e. The Labute approximate surface area is 103 Å². The number of aliphatic hydroxyl groups is 1. The third-order valence-electron chi connectivity index (χ3n) is 2.38. The minimum atomic E-state index is -0.619. The Morgan fingerprint density at radius 1 is 1.56 bits per heavy atom. The summed E-state index contributed by atoms with van der Waals surface area (Å²) in [6.45, 7) is 1.56. The SMILES string of the molecule is C[C@H](O)CNC(=O)Cn1nc2ccccn2c1=O. The fraction of sp³-hybridized carbons (Fsp3) is 0.364. The van der Waals surface area contributed by atoms with Gasteiger partial charge in [-0.05, 0) is 19.1 Å². The fourth-order valence-corrected chi connectivity index (χ4v) is 1.52. The standard InChI is InChI=1S/C11H14N4O3/c1-8(16)6-12-10(17)7-15-11(18)14-5-3-2-4-9(14)13-15/h2-5,8,16H,6-7H2,1H3,(H,12,17)/t8-/m0/s1. The molecule has 0 aromatic carbocycles. The number of aliphatic hydroxyl groups excluding tert-OH is 1. The van der Waals surface area contributed by atoms with Crippen LogP contribution in [0.1, 0.15) is 6.92 Å². The molecule has 0 aliphatic carbocycles. The number of pyridine rings is 1. The second-order valence-corrected chi connectivity index (χ2v) is 4.02. The number of rotatable bonds is 4. The van der Waals surface area contributed by atoms with Crippen LogP contribution in [0, 0.1) is 0 Å². The van der Waals surface area contributed by atoms with Crippen LogP contribution in [0.4, 0.5) is 0 Å². The summed E-state index contributed by atoms with van der Waals surface area (Å²) in [6.07, 6.45) is 0.973. The van der Waals surface area contributed by atoms with E-state index in [2.05, 4.69) is 10.4 Å². The quantitative estimate of drug-likeness (QED) is 0.728. The first-order valence-corrected chi connectivity index (χ1v) is 5.57. The van der Waals surface area contributed by atoms with Gasteiger partial charge in [0.15, 0.2) is 5.65 Å². The molecule has 0 spiro atoms. The van der Waals surface area contributed by atoms with Crippen molar-refractivity contribution in [2.45, 2.75) is 19.6 Å². The predicted molar refractivity (Wildman–Crippen MR) is 64.1 cm³/mol. The van der Waals surface area contributed by atoms with Crippen molar-refractivity contribution in [1.29, 1.82) is 0 Å². The van der Waals surface area contributed by atoms with Crippen molar-refractivity contribution >= 4 is 11.6 Å². The number of fused-ring (bicyclic) bond motifs is 1. The molecule has 0 saturated carbocycles. The molecule has 18 heavy (non-hydrogen) atoms. The molecule has 2 heterocycles. The van der Waals surface area contributed by atoms with Crippen LogP contribution in [0.15, 0.2) is 29.2 Å². The molecule has 7 heteroatoms. The van der Waals surface area contributed by atoms with Crippen LogP contribution in [-0.2, 0) is 11.3 Å². The van der Waals surface area contributed by atoms with Gasteiger partial charge >= 0.3 is 5.69 Å². The van der Waals surface area contributed by atoms with Gasteiger partial charge in [0.05, 0.1) is 6.10 Å². The van der Waals surface area contributed by atoms with Crippen molar-refractivity contribution in [2.24, 2.45) is 0 Å². The van der Waals surface area contributed by atoms with Crippen LogP contribution >= 0.6 is 0 Å². The Bertz CT molecular complexity index is 614. The third-order valence-corrected chi connectivity index (χ3v) is 2.38. The fourth-order valence-electron chi connectivity index (χ4n) is 1.52. The van der Waals surface area contributed by atoms with E-state index in [1.807, 2.05) is 0 Å². The van der Waals surface area contributed by atoms with Crippen LogP contribution in [0.25, 0.3) is 5.65 Å². The molecule has 2 N–H and O–H groups in total. The average molecular weight is 250 g/mol. The van der Waals surface area contributed by atoms with E-state index in [9.17, 15) is 9.59 Å². The van der Waals surface area contributed by atoms with E-state index < -0.39 is 6.10 Å². The van der Waals surface area contributed by atoms with E-state index in [4.69, 9.17) is 5.11 Å². The third kappa shape index (κ3) is 2.57. The van der Waals surface area contributed by atoms with Crippen LogP contribution in [-0.4, -0.2) is 37.8 Å². The summed E-state index contributed by atoms with van der Waals surface area (Å²) < 4.78 is 2.45. The maximum atomic E-state index is 11.8. The molecule has 0 saturated heterocycles. The summed E-state index contributed by atoms with van der Waals surface area (Å²) in [7, 11) is 0. The normalized spacial score (nSPS) is 12.6. The van der Waals surface area contributed by atoms with E-state index >= 15 is 0 Å². The number of nitrogens with one attached hydrogen (secondary N) is 1. The van der Waals surface area contributed by atoms with E-state index in [1.54, 1.807) is 31.3 Å². The number of carbonyl (C=O) groups is 1. The summed E-state index contributed by atoms with van der Waals surface area (Å²) in [4.78, 5) is 23.4. The van der Waals surface area contributed by atoms with Crippen molar-refractivity contribution in [1.82, 2.24) is 19.5 Å². The highest BCUT2D eigenvalue weighted by Crippen LogP contribution is 1.94. The van der Waals surface area contributed by atoms with E-state index in [0.29, 0.717) is 5.65 Å². The lowest BCUT2D eigenvalue weighted by atomic mass is 10.4. The first-order chi connectivity index (χ1) is 8.58. The number of nitrogens with zero attached hydrogens (tertiary/aromatic N) is 3. The Morgan fingerprint density at radius 2 is 2.33 bits per heavy atom. The molecule has 0 unspecified atom stereocenters. The van der Waals surface area contributed by atoms with Gasteiger partial charge in [0.25, 0.3) is 0 Å². The maximum absolute atomic E-state index is 11.8. The number of amides is 1. The van der Waals surface area contributed by atoms with Crippen LogP contribution in [0.2, 0.25) is 0 Å². The molecule has 2 aromatic heterocycles. The predicted octanol–water partition coefficient (Wildman–Crippen LogP) is -1.01. The van der Waals surface area contributed by atoms with E-state index in [-0.39, 0.29) is 24.7 Å².